The van der Waals surface area contributed by atoms with Crippen LogP contribution in [0.25, 0.3) is 0 Å². The molecule has 0 unspecified atom stereocenters. The van der Waals surface area contributed by atoms with E-state index in [9.17, 15) is 18.8 Å². The smallest absolute Gasteiger partial charge is 0.151 e. The Morgan fingerprint density at radius 3 is 2.33 bits per heavy atom. The van der Waals surface area contributed by atoms with Gasteiger partial charge < -0.3 is 0 Å². The zero-order valence-electron chi connectivity index (χ0n) is 9.98. The van der Waals surface area contributed by atoms with Gasteiger partial charge in [0.2, 0.25) is 0 Å². The second-order valence-electron chi connectivity index (χ2n) is 4.64. The van der Waals surface area contributed by atoms with Crippen molar-refractivity contribution in [3.8, 4) is 0 Å². The van der Waals surface area contributed by atoms with Gasteiger partial charge in [-0.25, -0.2) is 4.39 Å². The van der Waals surface area contributed by atoms with Gasteiger partial charge in [-0.2, -0.15) is 0 Å². The molecule has 0 N–H and O–H groups in total. The first kappa shape index (κ1) is 12.6. The zero-order valence-corrected chi connectivity index (χ0v) is 9.98. The first-order valence-electron chi connectivity index (χ1n) is 5.80. The number of rotatable bonds is 2. The highest BCUT2D eigenvalue weighted by atomic mass is 19.1. The SMILES string of the molecule is CC(=O)C1C(=O)CC(c2cccc(F)c2)CC1=O. The standard InChI is InChI=1S/C14H13FO3/c1-8(16)14-12(17)6-10(7-13(14)18)9-3-2-4-11(15)5-9/h2-5,10,14H,6-7H2,1H3. The van der Waals surface area contributed by atoms with E-state index in [0.29, 0.717) is 5.56 Å². The number of Topliss-reactive ketones (excluding diaryl/α,β-unsaturated/α-hetero) is 3. The monoisotopic (exact) mass is 248 g/mol. The molecule has 0 radical (unpaired) electrons. The first-order chi connectivity index (χ1) is 8.49. The second kappa shape index (κ2) is 4.80. The lowest BCUT2D eigenvalue weighted by Crippen LogP contribution is -2.36. The molecular formula is C14H13FO3. The van der Waals surface area contributed by atoms with E-state index >= 15 is 0 Å². The Bertz CT molecular complexity index is 504. The van der Waals surface area contributed by atoms with Gasteiger partial charge in [0.05, 0.1) is 0 Å². The summed E-state index contributed by atoms with van der Waals surface area (Å²) in [6.07, 6.45) is 0.249. The van der Waals surface area contributed by atoms with E-state index < -0.39 is 11.7 Å². The molecule has 1 aromatic rings. The van der Waals surface area contributed by atoms with Crippen molar-refractivity contribution in [2.24, 2.45) is 5.92 Å². The number of hydrogen-bond acceptors (Lipinski definition) is 3. The minimum absolute atomic E-state index is 0.124. The van der Waals surface area contributed by atoms with Crippen molar-refractivity contribution in [1.82, 2.24) is 0 Å². The van der Waals surface area contributed by atoms with Crippen LogP contribution in [0.3, 0.4) is 0 Å². The lowest BCUT2D eigenvalue weighted by molar-refractivity contribution is -0.141. The third-order valence-electron chi connectivity index (χ3n) is 3.27. The minimum Gasteiger partial charge on any atom is -0.299 e. The normalized spacial score (nSPS) is 24.1. The van der Waals surface area contributed by atoms with E-state index in [2.05, 4.69) is 0 Å². The molecule has 0 saturated heterocycles. The molecule has 1 aromatic carbocycles. The van der Waals surface area contributed by atoms with Crippen LogP contribution in [0.4, 0.5) is 4.39 Å². The number of benzene rings is 1. The third kappa shape index (κ3) is 2.37. The summed E-state index contributed by atoms with van der Waals surface area (Å²) in [7, 11) is 0. The number of hydrogen-bond donors (Lipinski definition) is 0. The number of carbonyl (C=O) groups excluding carboxylic acids is 3. The molecule has 94 valence electrons. The molecule has 0 aliphatic heterocycles. The van der Waals surface area contributed by atoms with Crippen molar-refractivity contribution < 1.29 is 18.8 Å². The van der Waals surface area contributed by atoms with E-state index in [0.717, 1.165) is 0 Å². The van der Waals surface area contributed by atoms with Crippen LogP contribution in [0, 0.1) is 11.7 Å². The summed E-state index contributed by atoms with van der Waals surface area (Å²) in [4.78, 5) is 34.8. The molecule has 0 aromatic heterocycles. The summed E-state index contributed by atoms with van der Waals surface area (Å²) in [6.45, 7) is 1.25. The van der Waals surface area contributed by atoms with Crippen molar-refractivity contribution in [1.29, 1.82) is 0 Å². The molecule has 2 rings (SSSR count). The maximum atomic E-state index is 13.1. The Morgan fingerprint density at radius 2 is 1.83 bits per heavy atom. The van der Waals surface area contributed by atoms with Crippen LogP contribution in [-0.2, 0) is 14.4 Å². The molecule has 3 nitrogen and oxygen atoms in total. The molecule has 4 heteroatoms. The van der Waals surface area contributed by atoms with Crippen molar-refractivity contribution in [2.45, 2.75) is 25.7 Å². The summed E-state index contributed by atoms with van der Waals surface area (Å²) in [6, 6.07) is 5.90. The van der Waals surface area contributed by atoms with E-state index in [1.165, 1.54) is 19.1 Å². The molecule has 1 aliphatic carbocycles. The molecule has 0 heterocycles. The predicted octanol–water partition coefficient (Wildman–Crippen LogP) is 2.05. The Hall–Kier alpha value is -1.84. The van der Waals surface area contributed by atoms with E-state index in [1.54, 1.807) is 12.1 Å². The predicted molar refractivity (Wildman–Crippen MR) is 62.6 cm³/mol. The van der Waals surface area contributed by atoms with Crippen LogP contribution in [0.1, 0.15) is 31.2 Å². The molecule has 0 amide bonds. The highest BCUT2D eigenvalue weighted by molar-refractivity contribution is 6.20. The Morgan fingerprint density at radius 1 is 1.22 bits per heavy atom. The van der Waals surface area contributed by atoms with Crippen molar-refractivity contribution >= 4 is 17.3 Å². The largest absolute Gasteiger partial charge is 0.299 e. The fraction of sp³-hybridized carbons (Fsp3) is 0.357. The van der Waals surface area contributed by atoms with Gasteiger partial charge in [-0.05, 0) is 30.5 Å². The molecule has 0 spiro atoms. The average molecular weight is 248 g/mol. The minimum atomic E-state index is -1.10. The van der Waals surface area contributed by atoms with Gasteiger partial charge in [0.25, 0.3) is 0 Å². The molecule has 1 fully saturated rings. The van der Waals surface area contributed by atoms with Crippen molar-refractivity contribution in [3.05, 3.63) is 35.6 Å². The Labute approximate surface area is 104 Å². The van der Waals surface area contributed by atoms with Crippen LogP contribution in [0.5, 0.6) is 0 Å². The van der Waals surface area contributed by atoms with Gasteiger partial charge in [-0.15, -0.1) is 0 Å². The van der Waals surface area contributed by atoms with Crippen LogP contribution in [-0.4, -0.2) is 17.3 Å². The van der Waals surface area contributed by atoms with Gasteiger partial charge in [0.15, 0.2) is 11.6 Å². The van der Waals surface area contributed by atoms with Crippen LogP contribution in [0.15, 0.2) is 24.3 Å². The van der Waals surface area contributed by atoms with Gasteiger partial charge in [-0.3, -0.25) is 14.4 Å². The van der Waals surface area contributed by atoms with Crippen molar-refractivity contribution in [3.63, 3.8) is 0 Å². The van der Waals surface area contributed by atoms with Gasteiger partial charge in [0, 0.05) is 12.8 Å². The van der Waals surface area contributed by atoms with Crippen molar-refractivity contribution in [2.75, 3.05) is 0 Å². The van der Waals surface area contributed by atoms with Crippen LogP contribution >= 0.6 is 0 Å². The summed E-state index contributed by atoms with van der Waals surface area (Å²) in [5.74, 6) is -2.91. The molecular weight excluding hydrogens is 235 g/mol. The second-order valence-corrected chi connectivity index (χ2v) is 4.64. The Balaban J connectivity index is 2.23. The maximum absolute atomic E-state index is 13.1. The lowest BCUT2D eigenvalue weighted by atomic mass is 9.75. The average Bonchev–Trinajstić information content (AvgIpc) is 2.27. The van der Waals surface area contributed by atoms with Gasteiger partial charge >= 0.3 is 0 Å². The van der Waals surface area contributed by atoms with Gasteiger partial charge in [0.1, 0.15) is 17.5 Å². The quantitative estimate of drug-likeness (QED) is 0.752. The highest BCUT2D eigenvalue weighted by Gasteiger charge is 2.38. The first-order valence-corrected chi connectivity index (χ1v) is 5.80. The fourth-order valence-corrected chi connectivity index (χ4v) is 2.42. The highest BCUT2D eigenvalue weighted by Crippen LogP contribution is 2.32. The van der Waals surface area contributed by atoms with E-state index in [1.807, 2.05) is 0 Å². The van der Waals surface area contributed by atoms with Gasteiger partial charge in [-0.1, -0.05) is 12.1 Å². The zero-order chi connectivity index (χ0) is 13.3. The maximum Gasteiger partial charge on any atom is 0.151 e. The number of carbonyl (C=O) groups is 3. The summed E-state index contributed by atoms with van der Waals surface area (Å²) >= 11 is 0. The van der Waals surface area contributed by atoms with E-state index in [4.69, 9.17) is 0 Å². The topological polar surface area (TPSA) is 51.2 Å². The van der Waals surface area contributed by atoms with Crippen LogP contribution < -0.4 is 0 Å². The molecule has 0 atom stereocenters. The Kier molecular flexibility index (Phi) is 3.36. The number of ketones is 3. The summed E-state index contributed by atoms with van der Waals surface area (Å²) in [5.41, 5.74) is 0.638. The molecule has 18 heavy (non-hydrogen) atoms. The van der Waals surface area contributed by atoms with E-state index in [-0.39, 0.29) is 36.1 Å². The number of halogens is 1. The third-order valence-corrected chi connectivity index (χ3v) is 3.27. The molecule has 1 saturated carbocycles. The fourth-order valence-electron chi connectivity index (χ4n) is 2.42. The lowest BCUT2D eigenvalue weighted by Gasteiger charge is -2.25. The summed E-state index contributed by atoms with van der Waals surface area (Å²) in [5, 5.41) is 0. The summed E-state index contributed by atoms with van der Waals surface area (Å²) < 4.78 is 13.1. The molecule has 0 bridgehead atoms. The molecule has 1 aliphatic rings. The van der Waals surface area contributed by atoms with Crippen LogP contribution in [0.2, 0.25) is 0 Å².